The summed E-state index contributed by atoms with van der Waals surface area (Å²) in [4.78, 5) is 30.1. The van der Waals surface area contributed by atoms with Crippen molar-refractivity contribution in [3.8, 4) is 6.07 Å². The van der Waals surface area contributed by atoms with Crippen molar-refractivity contribution in [2.75, 3.05) is 16.8 Å². The molecule has 0 spiro atoms. The van der Waals surface area contributed by atoms with E-state index in [9.17, 15) is 9.59 Å². The Kier molecular flexibility index (Phi) is 4.90. The van der Waals surface area contributed by atoms with E-state index in [2.05, 4.69) is 10.3 Å². The minimum absolute atomic E-state index is 0.134. The van der Waals surface area contributed by atoms with E-state index in [1.807, 2.05) is 30.3 Å². The van der Waals surface area contributed by atoms with Crippen LogP contribution in [0.25, 0.3) is 10.9 Å². The van der Waals surface area contributed by atoms with Crippen LogP contribution in [0.2, 0.25) is 0 Å². The highest BCUT2D eigenvalue weighted by atomic mass is 16.2. The Morgan fingerprint density at radius 3 is 2.54 bits per heavy atom. The van der Waals surface area contributed by atoms with Gasteiger partial charge in [0.2, 0.25) is 11.8 Å². The lowest BCUT2D eigenvalue weighted by Crippen LogP contribution is -2.36. The zero-order chi connectivity index (χ0) is 18.5. The normalized spacial score (nSPS) is 10.2. The zero-order valence-electron chi connectivity index (χ0n) is 14.1. The minimum Gasteiger partial charge on any atom is -0.323 e. The molecule has 0 radical (unpaired) electrons. The number of aromatic nitrogens is 1. The monoisotopic (exact) mass is 344 g/mol. The van der Waals surface area contributed by atoms with Crippen LogP contribution in [0.4, 0.5) is 11.4 Å². The molecule has 0 atom stereocenters. The highest BCUT2D eigenvalue weighted by molar-refractivity contribution is 6.05. The number of para-hydroxylation sites is 1. The maximum absolute atomic E-state index is 12.5. The Labute approximate surface area is 150 Å². The smallest absolute Gasteiger partial charge is 0.244 e. The van der Waals surface area contributed by atoms with Crippen LogP contribution in [-0.2, 0) is 9.59 Å². The first kappa shape index (κ1) is 17.1. The van der Waals surface area contributed by atoms with E-state index in [0.29, 0.717) is 22.5 Å². The van der Waals surface area contributed by atoms with Gasteiger partial charge in [-0.05, 0) is 36.4 Å². The van der Waals surface area contributed by atoms with Crippen molar-refractivity contribution in [3.05, 3.63) is 66.4 Å². The third-order valence-corrected chi connectivity index (χ3v) is 3.90. The average Bonchev–Trinajstić information content (AvgIpc) is 2.66. The first-order valence-corrected chi connectivity index (χ1v) is 8.00. The highest BCUT2D eigenvalue weighted by Gasteiger charge is 2.16. The van der Waals surface area contributed by atoms with Gasteiger partial charge in [0, 0.05) is 24.2 Å². The molecule has 6 heteroatoms. The van der Waals surface area contributed by atoms with Crippen molar-refractivity contribution in [1.82, 2.24) is 4.98 Å². The Morgan fingerprint density at radius 1 is 1.12 bits per heavy atom. The fraction of sp³-hybridized carbons (Fsp3) is 0.100. The Hall–Kier alpha value is -3.72. The molecule has 0 saturated heterocycles. The number of carbonyl (C=O) groups is 2. The average molecular weight is 344 g/mol. The van der Waals surface area contributed by atoms with Crippen LogP contribution in [0.5, 0.6) is 0 Å². The maximum Gasteiger partial charge on any atom is 0.244 e. The molecule has 0 aliphatic heterocycles. The number of amides is 2. The molecule has 6 nitrogen and oxygen atoms in total. The van der Waals surface area contributed by atoms with E-state index >= 15 is 0 Å². The van der Waals surface area contributed by atoms with Gasteiger partial charge in [-0.2, -0.15) is 5.26 Å². The number of anilines is 2. The molecular formula is C20H16N4O2. The molecule has 1 heterocycles. The summed E-state index contributed by atoms with van der Waals surface area (Å²) in [6.07, 6.45) is 1.66. The number of hydrogen-bond donors (Lipinski definition) is 1. The van der Waals surface area contributed by atoms with Crippen molar-refractivity contribution in [3.63, 3.8) is 0 Å². The van der Waals surface area contributed by atoms with Crippen LogP contribution in [0.1, 0.15) is 12.5 Å². The number of carbonyl (C=O) groups excluding carboxylic acids is 2. The number of pyridine rings is 1. The molecule has 2 amide bonds. The second-order valence-corrected chi connectivity index (χ2v) is 5.69. The zero-order valence-corrected chi connectivity index (χ0v) is 14.1. The molecule has 0 fully saturated rings. The largest absolute Gasteiger partial charge is 0.323 e. The van der Waals surface area contributed by atoms with E-state index in [0.717, 1.165) is 5.39 Å². The Morgan fingerprint density at radius 2 is 1.85 bits per heavy atom. The number of fused-ring (bicyclic) bond motifs is 1. The summed E-state index contributed by atoms with van der Waals surface area (Å²) < 4.78 is 0. The van der Waals surface area contributed by atoms with Gasteiger partial charge in [0.1, 0.15) is 6.54 Å². The van der Waals surface area contributed by atoms with Gasteiger partial charge in [-0.15, -0.1) is 0 Å². The summed E-state index contributed by atoms with van der Waals surface area (Å²) in [5.74, 6) is -0.594. The van der Waals surface area contributed by atoms with Crippen LogP contribution in [-0.4, -0.2) is 23.3 Å². The molecule has 1 N–H and O–H groups in total. The summed E-state index contributed by atoms with van der Waals surface area (Å²) >= 11 is 0. The van der Waals surface area contributed by atoms with Crippen LogP contribution in [0, 0.1) is 11.3 Å². The number of nitriles is 1. The van der Waals surface area contributed by atoms with E-state index in [-0.39, 0.29) is 18.4 Å². The molecule has 1 aromatic heterocycles. The molecule has 3 aromatic rings. The van der Waals surface area contributed by atoms with E-state index in [4.69, 9.17) is 5.26 Å². The lowest BCUT2D eigenvalue weighted by Gasteiger charge is -2.21. The second-order valence-electron chi connectivity index (χ2n) is 5.69. The van der Waals surface area contributed by atoms with Crippen molar-refractivity contribution in [1.29, 1.82) is 5.26 Å². The number of hydrogen-bond acceptors (Lipinski definition) is 4. The fourth-order valence-electron chi connectivity index (χ4n) is 2.64. The molecular weight excluding hydrogens is 328 g/mol. The molecule has 0 saturated carbocycles. The second kappa shape index (κ2) is 7.45. The predicted molar refractivity (Wildman–Crippen MR) is 99.6 cm³/mol. The van der Waals surface area contributed by atoms with Gasteiger partial charge >= 0.3 is 0 Å². The molecule has 3 rings (SSSR count). The first-order valence-electron chi connectivity index (χ1n) is 8.00. The molecule has 0 aliphatic carbocycles. The van der Waals surface area contributed by atoms with Gasteiger partial charge in [0.25, 0.3) is 0 Å². The van der Waals surface area contributed by atoms with E-state index in [1.165, 1.54) is 11.8 Å². The minimum atomic E-state index is -0.331. The predicted octanol–water partition coefficient (Wildman–Crippen LogP) is 3.10. The number of benzene rings is 2. The third-order valence-electron chi connectivity index (χ3n) is 3.90. The lowest BCUT2D eigenvalue weighted by molar-refractivity contribution is -0.120. The van der Waals surface area contributed by atoms with Gasteiger partial charge in [0.05, 0.1) is 22.8 Å². The number of nitrogens with one attached hydrogen (secondary N) is 1. The van der Waals surface area contributed by atoms with Crippen molar-refractivity contribution >= 4 is 34.1 Å². The molecule has 0 aliphatic rings. The fourth-order valence-corrected chi connectivity index (χ4v) is 2.64. The standard InChI is InChI=1S/C20H16N4O2/c1-14(25)24(17-9-7-15(12-21)8-10-17)13-19(26)23-18-6-2-4-16-5-3-11-22-20(16)18/h2-11H,13H2,1H3,(H,23,26). The summed E-state index contributed by atoms with van der Waals surface area (Å²) in [5.41, 5.74) is 2.33. The third kappa shape index (κ3) is 3.68. The Balaban J connectivity index is 1.80. The van der Waals surface area contributed by atoms with Gasteiger partial charge in [-0.25, -0.2) is 0 Å². The van der Waals surface area contributed by atoms with Crippen LogP contribution >= 0.6 is 0 Å². The number of nitrogens with zero attached hydrogens (tertiary/aromatic N) is 3. The van der Waals surface area contributed by atoms with Gasteiger partial charge in [-0.3, -0.25) is 14.6 Å². The summed E-state index contributed by atoms with van der Waals surface area (Å²) in [6, 6.07) is 17.8. The van der Waals surface area contributed by atoms with Gasteiger partial charge < -0.3 is 10.2 Å². The molecule has 26 heavy (non-hydrogen) atoms. The number of rotatable bonds is 4. The van der Waals surface area contributed by atoms with Crippen LogP contribution in [0.15, 0.2) is 60.8 Å². The molecule has 0 unspecified atom stereocenters. The molecule has 0 bridgehead atoms. The van der Waals surface area contributed by atoms with Crippen LogP contribution in [0.3, 0.4) is 0 Å². The van der Waals surface area contributed by atoms with Crippen LogP contribution < -0.4 is 10.2 Å². The summed E-state index contributed by atoms with van der Waals surface area (Å²) in [5, 5.41) is 12.6. The summed E-state index contributed by atoms with van der Waals surface area (Å²) in [7, 11) is 0. The topological polar surface area (TPSA) is 86.1 Å². The molecule has 128 valence electrons. The van der Waals surface area contributed by atoms with E-state index < -0.39 is 0 Å². The van der Waals surface area contributed by atoms with Crippen molar-refractivity contribution < 1.29 is 9.59 Å². The first-order chi connectivity index (χ1) is 12.6. The quantitative estimate of drug-likeness (QED) is 0.788. The lowest BCUT2D eigenvalue weighted by atomic mass is 10.2. The highest BCUT2D eigenvalue weighted by Crippen LogP contribution is 2.21. The van der Waals surface area contributed by atoms with E-state index in [1.54, 1.807) is 36.5 Å². The molecule has 2 aromatic carbocycles. The summed E-state index contributed by atoms with van der Waals surface area (Å²) in [6.45, 7) is 1.26. The SMILES string of the molecule is CC(=O)N(CC(=O)Nc1cccc2cccnc12)c1ccc(C#N)cc1. The van der Waals surface area contributed by atoms with Gasteiger partial charge in [-0.1, -0.05) is 18.2 Å². The van der Waals surface area contributed by atoms with Crippen molar-refractivity contribution in [2.24, 2.45) is 0 Å². The van der Waals surface area contributed by atoms with Gasteiger partial charge in [0.15, 0.2) is 0 Å². The maximum atomic E-state index is 12.5. The van der Waals surface area contributed by atoms with Crippen molar-refractivity contribution in [2.45, 2.75) is 6.92 Å². The Bertz CT molecular complexity index is 1000.